The number of methoxy groups -OCH3 is 2. The van der Waals surface area contributed by atoms with Crippen molar-refractivity contribution in [3.05, 3.63) is 23.8 Å². The molecule has 5 heteroatoms. The SMILES string of the molecule is COc1ccc(C(CN)NC(C)C(C)CO)c(OC)c1. The summed E-state index contributed by atoms with van der Waals surface area (Å²) >= 11 is 0. The highest BCUT2D eigenvalue weighted by Crippen LogP contribution is 2.29. The van der Waals surface area contributed by atoms with Crippen LogP contribution in [0.3, 0.4) is 0 Å². The van der Waals surface area contributed by atoms with Crippen LogP contribution in [0, 0.1) is 5.92 Å². The van der Waals surface area contributed by atoms with Gasteiger partial charge in [0.15, 0.2) is 0 Å². The third-order valence-electron chi connectivity index (χ3n) is 3.66. The van der Waals surface area contributed by atoms with Crippen LogP contribution in [0.4, 0.5) is 0 Å². The van der Waals surface area contributed by atoms with Gasteiger partial charge in [-0.3, -0.25) is 0 Å². The molecule has 0 saturated heterocycles. The summed E-state index contributed by atoms with van der Waals surface area (Å²) in [7, 11) is 3.25. The molecule has 20 heavy (non-hydrogen) atoms. The van der Waals surface area contributed by atoms with E-state index in [0.717, 1.165) is 17.1 Å². The van der Waals surface area contributed by atoms with Gasteiger partial charge in [0, 0.05) is 36.9 Å². The molecule has 0 heterocycles. The summed E-state index contributed by atoms with van der Waals surface area (Å²) in [5.41, 5.74) is 6.87. The van der Waals surface area contributed by atoms with Crippen molar-refractivity contribution in [2.75, 3.05) is 27.4 Å². The number of nitrogens with two attached hydrogens (primary N) is 1. The number of nitrogens with one attached hydrogen (secondary N) is 1. The van der Waals surface area contributed by atoms with Crippen molar-refractivity contribution in [3.63, 3.8) is 0 Å². The molecule has 1 rings (SSSR count). The van der Waals surface area contributed by atoms with Crippen LogP contribution in [-0.4, -0.2) is 38.5 Å². The fraction of sp³-hybridized carbons (Fsp3) is 0.600. The third kappa shape index (κ3) is 4.10. The molecule has 0 aliphatic heterocycles. The molecule has 0 aliphatic carbocycles. The Morgan fingerprint density at radius 2 is 1.95 bits per heavy atom. The van der Waals surface area contributed by atoms with Gasteiger partial charge in [-0.2, -0.15) is 0 Å². The summed E-state index contributed by atoms with van der Waals surface area (Å²) in [6.07, 6.45) is 0. The smallest absolute Gasteiger partial charge is 0.127 e. The third-order valence-corrected chi connectivity index (χ3v) is 3.66. The van der Waals surface area contributed by atoms with Gasteiger partial charge in [0.05, 0.1) is 14.2 Å². The van der Waals surface area contributed by atoms with E-state index in [1.807, 2.05) is 32.0 Å². The van der Waals surface area contributed by atoms with Gasteiger partial charge in [-0.05, 0) is 18.9 Å². The van der Waals surface area contributed by atoms with Gasteiger partial charge in [0.25, 0.3) is 0 Å². The van der Waals surface area contributed by atoms with Crippen LogP contribution in [0.1, 0.15) is 25.5 Å². The highest BCUT2D eigenvalue weighted by Gasteiger charge is 2.20. The van der Waals surface area contributed by atoms with E-state index in [1.54, 1.807) is 14.2 Å². The predicted octanol–water partition coefficient (Wildman–Crippen LogP) is 1.31. The number of ether oxygens (including phenoxy) is 2. The molecule has 3 atom stereocenters. The van der Waals surface area contributed by atoms with Crippen molar-refractivity contribution in [2.45, 2.75) is 25.9 Å². The maximum atomic E-state index is 9.22. The Kier molecular flexibility index (Phi) is 6.78. The first-order chi connectivity index (χ1) is 9.57. The molecule has 0 spiro atoms. The Bertz CT molecular complexity index is 412. The zero-order chi connectivity index (χ0) is 15.1. The second-order valence-corrected chi connectivity index (χ2v) is 5.01. The quantitative estimate of drug-likeness (QED) is 0.670. The van der Waals surface area contributed by atoms with Crippen molar-refractivity contribution in [1.82, 2.24) is 5.32 Å². The van der Waals surface area contributed by atoms with E-state index in [-0.39, 0.29) is 24.6 Å². The fourth-order valence-corrected chi connectivity index (χ4v) is 2.03. The molecule has 0 aliphatic rings. The van der Waals surface area contributed by atoms with Crippen molar-refractivity contribution < 1.29 is 14.6 Å². The van der Waals surface area contributed by atoms with Crippen LogP contribution in [0.15, 0.2) is 18.2 Å². The zero-order valence-corrected chi connectivity index (χ0v) is 12.7. The van der Waals surface area contributed by atoms with Crippen molar-refractivity contribution in [1.29, 1.82) is 0 Å². The molecule has 0 saturated carbocycles. The highest BCUT2D eigenvalue weighted by atomic mass is 16.5. The van der Waals surface area contributed by atoms with E-state index in [2.05, 4.69) is 5.32 Å². The van der Waals surface area contributed by atoms with Crippen LogP contribution in [-0.2, 0) is 0 Å². The van der Waals surface area contributed by atoms with E-state index in [9.17, 15) is 5.11 Å². The normalized spacial score (nSPS) is 15.5. The van der Waals surface area contributed by atoms with Crippen LogP contribution in [0.2, 0.25) is 0 Å². The van der Waals surface area contributed by atoms with Gasteiger partial charge in [0.2, 0.25) is 0 Å². The molecule has 0 fully saturated rings. The molecule has 0 aromatic heterocycles. The second-order valence-electron chi connectivity index (χ2n) is 5.01. The topological polar surface area (TPSA) is 76.7 Å². The van der Waals surface area contributed by atoms with E-state index in [0.29, 0.717) is 6.54 Å². The molecule has 114 valence electrons. The van der Waals surface area contributed by atoms with E-state index in [4.69, 9.17) is 15.2 Å². The summed E-state index contributed by atoms with van der Waals surface area (Å²) in [6, 6.07) is 5.82. The van der Waals surface area contributed by atoms with Crippen LogP contribution in [0.5, 0.6) is 11.5 Å². The number of aliphatic hydroxyl groups is 1. The Labute approximate surface area is 121 Å². The maximum Gasteiger partial charge on any atom is 0.127 e. The summed E-state index contributed by atoms with van der Waals surface area (Å²) in [6.45, 7) is 4.63. The molecule has 4 N–H and O–H groups in total. The second kappa shape index (κ2) is 8.09. The first kappa shape index (κ1) is 16.8. The number of hydrogen-bond acceptors (Lipinski definition) is 5. The lowest BCUT2D eigenvalue weighted by atomic mass is 10.00. The number of benzene rings is 1. The minimum atomic E-state index is -0.0279. The van der Waals surface area contributed by atoms with Gasteiger partial charge in [-0.1, -0.05) is 13.0 Å². The summed E-state index contributed by atoms with van der Waals surface area (Å²) < 4.78 is 10.6. The average Bonchev–Trinajstić information content (AvgIpc) is 2.50. The van der Waals surface area contributed by atoms with Crippen molar-refractivity contribution in [3.8, 4) is 11.5 Å². The van der Waals surface area contributed by atoms with Crippen LogP contribution in [0.25, 0.3) is 0 Å². The first-order valence-electron chi connectivity index (χ1n) is 6.86. The number of rotatable bonds is 8. The molecule has 0 radical (unpaired) electrons. The molecule has 0 bridgehead atoms. The Balaban J connectivity index is 2.94. The van der Waals surface area contributed by atoms with Gasteiger partial charge < -0.3 is 25.6 Å². The Hall–Kier alpha value is -1.30. The lowest BCUT2D eigenvalue weighted by molar-refractivity contribution is 0.201. The summed E-state index contributed by atoms with van der Waals surface area (Å²) in [4.78, 5) is 0. The molecule has 1 aromatic carbocycles. The number of hydrogen-bond donors (Lipinski definition) is 3. The summed E-state index contributed by atoms with van der Waals surface area (Å²) in [5, 5.41) is 12.7. The minimum Gasteiger partial charge on any atom is -0.497 e. The van der Waals surface area contributed by atoms with Gasteiger partial charge >= 0.3 is 0 Å². The molecule has 1 aromatic rings. The monoisotopic (exact) mass is 282 g/mol. The molecule has 5 nitrogen and oxygen atoms in total. The lowest BCUT2D eigenvalue weighted by Gasteiger charge is -2.27. The standard InChI is InChI=1S/C15H26N2O3/c1-10(9-18)11(2)17-14(8-16)13-6-5-12(19-3)7-15(13)20-4/h5-7,10-11,14,17-18H,8-9,16H2,1-4H3. The summed E-state index contributed by atoms with van der Waals surface area (Å²) in [5.74, 6) is 1.66. The first-order valence-corrected chi connectivity index (χ1v) is 6.86. The molecule has 0 amide bonds. The lowest BCUT2D eigenvalue weighted by Crippen LogP contribution is -2.39. The maximum absolute atomic E-state index is 9.22. The fourth-order valence-electron chi connectivity index (χ4n) is 2.03. The van der Waals surface area contributed by atoms with Crippen molar-refractivity contribution >= 4 is 0 Å². The van der Waals surface area contributed by atoms with Gasteiger partial charge in [0.1, 0.15) is 11.5 Å². The largest absolute Gasteiger partial charge is 0.497 e. The zero-order valence-electron chi connectivity index (χ0n) is 12.7. The van der Waals surface area contributed by atoms with E-state index < -0.39 is 0 Å². The van der Waals surface area contributed by atoms with Crippen molar-refractivity contribution in [2.24, 2.45) is 11.7 Å². The van der Waals surface area contributed by atoms with Gasteiger partial charge in [-0.15, -0.1) is 0 Å². The van der Waals surface area contributed by atoms with E-state index >= 15 is 0 Å². The number of aliphatic hydroxyl groups excluding tert-OH is 1. The minimum absolute atomic E-state index is 0.0279. The average molecular weight is 282 g/mol. The molecular weight excluding hydrogens is 256 g/mol. The van der Waals surface area contributed by atoms with Crippen LogP contribution < -0.4 is 20.5 Å². The predicted molar refractivity (Wildman–Crippen MR) is 80.2 cm³/mol. The highest BCUT2D eigenvalue weighted by molar-refractivity contribution is 5.42. The Morgan fingerprint density at radius 1 is 1.25 bits per heavy atom. The molecular formula is C15H26N2O3. The van der Waals surface area contributed by atoms with E-state index in [1.165, 1.54) is 0 Å². The van der Waals surface area contributed by atoms with Crippen LogP contribution >= 0.6 is 0 Å². The van der Waals surface area contributed by atoms with Gasteiger partial charge in [-0.25, -0.2) is 0 Å². The Morgan fingerprint density at radius 3 is 2.45 bits per heavy atom. The molecule has 3 unspecified atom stereocenters.